The van der Waals surface area contributed by atoms with Crippen molar-refractivity contribution in [3.05, 3.63) is 47.8 Å². The summed E-state index contributed by atoms with van der Waals surface area (Å²) in [5.74, 6) is 1.59. The van der Waals surface area contributed by atoms with E-state index in [2.05, 4.69) is 37.7 Å². The molecule has 27 heavy (non-hydrogen) atoms. The van der Waals surface area contributed by atoms with Gasteiger partial charge in [-0.3, -0.25) is 0 Å². The molecule has 3 N–H and O–H groups in total. The molecule has 0 spiro atoms. The highest BCUT2D eigenvalue weighted by Gasteiger charge is 2.28. The molecule has 2 aromatic heterocycles. The summed E-state index contributed by atoms with van der Waals surface area (Å²) in [6.45, 7) is 2.65. The van der Waals surface area contributed by atoms with Crippen LogP contribution in [-0.2, 0) is 16.3 Å². The number of aryl methyl sites for hydroxylation is 1. The topological polar surface area (TPSA) is 99.8 Å². The summed E-state index contributed by atoms with van der Waals surface area (Å²) in [6.07, 6.45) is 3.52. The van der Waals surface area contributed by atoms with Gasteiger partial charge < -0.3 is 15.6 Å². The highest BCUT2D eigenvalue weighted by atomic mass is 32.2. The van der Waals surface area contributed by atoms with Gasteiger partial charge in [-0.25, -0.2) is 13.4 Å². The molecule has 0 saturated carbocycles. The minimum atomic E-state index is -2.93. The lowest BCUT2D eigenvalue weighted by molar-refractivity contribution is 0.602. The molecule has 7 nitrogen and oxygen atoms in total. The monoisotopic (exact) mass is 385 g/mol. The molecule has 0 bridgehead atoms. The predicted molar refractivity (Wildman–Crippen MR) is 108 cm³/mol. The van der Waals surface area contributed by atoms with Crippen molar-refractivity contribution in [3.8, 4) is 0 Å². The predicted octanol–water partition coefficient (Wildman–Crippen LogP) is 2.52. The molecule has 0 radical (unpaired) electrons. The van der Waals surface area contributed by atoms with Gasteiger partial charge >= 0.3 is 0 Å². The van der Waals surface area contributed by atoms with E-state index in [9.17, 15) is 8.42 Å². The molecule has 8 heteroatoms. The Hall–Kier alpha value is -2.61. The Bertz CT molecular complexity index is 1060. The number of anilines is 2. The fourth-order valence-electron chi connectivity index (χ4n) is 3.48. The van der Waals surface area contributed by atoms with Crippen molar-refractivity contribution >= 4 is 32.5 Å². The zero-order valence-corrected chi connectivity index (χ0v) is 16.0. The molecular weight excluding hydrogens is 362 g/mol. The van der Waals surface area contributed by atoms with E-state index in [1.807, 2.05) is 31.3 Å². The minimum absolute atomic E-state index is 0.115. The second-order valence-electron chi connectivity index (χ2n) is 7.00. The van der Waals surface area contributed by atoms with Crippen LogP contribution in [0.4, 0.5) is 11.8 Å². The van der Waals surface area contributed by atoms with Crippen molar-refractivity contribution in [2.75, 3.05) is 28.7 Å². The van der Waals surface area contributed by atoms with Crippen LogP contribution in [0.1, 0.15) is 17.7 Å². The number of hydrogen-bond acceptors (Lipinski definition) is 6. The number of H-pyrrole nitrogens is 1. The van der Waals surface area contributed by atoms with Gasteiger partial charge in [0.05, 0.1) is 11.5 Å². The van der Waals surface area contributed by atoms with Gasteiger partial charge in [0, 0.05) is 41.4 Å². The van der Waals surface area contributed by atoms with Gasteiger partial charge in [-0.15, -0.1) is 0 Å². The molecule has 1 unspecified atom stereocenters. The van der Waals surface area contributed by atoms with E-state index in [-0.39, 0.29) is 17.5 Å². The van der Waals surface area contributed by atoms with Crippen molar-refractivity contribution in [2.24, 2.45) is 0 Å². The molecular formula is C19H23N5O2S. The molecule has 142 valence electrons. The molecule has 3 aromatic rings. The second kappa shape index (κ2) is 7.19. The number of rotatable bonds is 6. The van der Waals surface area contributed by atoms with Crippen LogP contribution >= 0.6 is 0 Å². The largest absolute Gasteiger partial charge is 0.370 e. The lowest BCUT2D eigenvalue weighted by Gasteiger charge is -2.13. The Morgan fingerprint density at radius 3 is 2.93 bits per heavy atom. The van der Waals surface area contributed by atoms with Crippen molar-refractivity contribution in [1.29, 1.82) is 0 Å². The number of sulfone groups is 1. The number of benzene rings is 1. The summed E-state index contributed by atoms with van der Waals surface area (Å²) >= 11 is 0. The summed E-state index contributed by atoms with van der Waals surface area (Å²) in [5, 5.41) is 7.75. The smallest absolute Gasteiger partial charge is 0.225 e. The van der Waals surface area contributed by atoms with Crippen molar-refractivity contribution in [3.63, 3.8) is 0 Å². The average molecular weight is 385 g/mol. The lowest BCUT2D eigenvalue weighted by Crippen LogP contribution is -2.22. The molecule has 1 fully saturated rings. The highest BCUT2D eigenvalue weighted by molar-refractivity contribution is 7.91. The number of nitrogens with one attached hydrogen (secondary N) is 3. The van der Waals surface area contributed by atoms with Crippen LogP contribution < -0.4 is 10.6 Å². The third-order valence-corrected chi connectivity index (χ3v) is 6.56. The first-order chi connectivity index (χ1) is 13.0. The van der Waals surface area contributed by atoms with E-state index in [1.54, 1.807) is 0 Å². The molecule has 4 rings (SSSR count). The van der Waals surface area contributed by atoms with Gasteiger partial charge in [0.1, 0.15) is 5.82 Å². The lowest BCUT2D eigenvalue weighted by atomic mass is 10.1. The van der Waals surface area contributed by atoms with Gasteiger partial charge in [0.2, 0.25) is 5.95 Å². The SMILES string of the molecule is Cc1cc(NCCc2c[nH]c3ccccc23)nc(NC2CCS(=O)(=O)C2)n1. The van der Waals surface area contributed by atoms with Gasteiger partial charge in [-0.1, -0.05) is 18.2 Å². The van der Waals surface area contributed by atoms with Crippen molar-refractivity contribution < 1.29 is 8.42 Å². The molecule has 1 aliphatic rings. The molecule has 0 amide bonds. The molecule has 1 aromatic carbocycles. The van der Waals surface area contributed by atoms with Crippen LogP contribution in [0.3, 0.4) is 0 Å². The van der Waals surface area contributed by atoms with E-state index in [4.69, 9.17) is 0 Å². The Balaban J connectivity index is 1.39. The first-order valence-corrected chi connectivity index (χ1v) is 10.9. The van der Waals surface area contributed by atoms with Gasteiger partial charge in [0.15, 0.2) is 9.84 Å². The standard InChI is InChI=1S/C19H23N5O2S/c1-13-10-18(24-19(22-13)23-15-7-9-27(25,26)12-15)20-8-6-14-11-21-17-5-3-2-4-16(14)17/h2-5,10-11,15,21H,6-9,12H2,1H3,(H2,20,22,23,24). The Morgan fingerprint density at radius 1 is 1.26 bits per heavy atom. The maximum atomic E-state index is 11.6. The van der Waals surface area contributed by atoms with Crippen LogP contribution in [0.25, 0.3) is 10.9 Å². The van der Waals surface area contributed by atoms with E-state index in [0.717, 1.165) is 30.0 Å². The van der Waals surface area contributed by atoms with Crippen molar-refractivity contribution in [2.45, 2.75) is 25.8 Å². The molecule has 3 heterocycles. The van der Waals surface area contributed by atoms with Gasteiger partial charge in [-0.2, -0.15) is 4.98 Å². The van der Waals surface area contributed by atoms with Crippen molar-refractivity contribution in [1.82, 2.24) is 15.0 Å². The molecule has 1 atom stereocenters. The number of nitrogens with zero attached hydrogens (tertiary/aromatic N) is 2. The zero-order valence-electron chi connectivity index (χ0n) is 15.2. The third-order valence-electron chi connectivity index (χ3n) is 4.80. The van der Waals surface area contributed by atoms with E-state index >= 15 is 0 Å². The van der Waals surface area contributed by atoms with E-state index in [0.29, 0.717) is 12.4 Å². The first kappa shape index (κ1) is 17.8. The molecule has 1 saturated heterocycles. The van der Waals surface area contributed by atoms with Crippen LogP contribution in [0.2, 0.25) is 0 Å². The van der Waals surface area contributed by atoms with E-state index < -0.39 is 9.84 Å². The first-order valence-electron chi connectivity index (χ1n) is 9.10. The maximum absolute atomic E-state index is 11.6. The Morgan fingerprint density at radius 2 is 2.11 bits per heavy atom. The summed E-state index contributed by atoms with van der Waals surface area (Å²) in [6, 6.07) is 10.0. The Labute approximate surface area is 158 Å². The van der Waals surface area contributed by atoms with Crippen LogP contribution in [0, 0.1) is 6.92 Å². The summed E-state index contributed by atoms with van der Waals surface area (Å²) in [5.41, 5.74) is 3.24. The fourth-order valence-corrected chi connectivity index (χ4v) is 5.15. The third kappa shape index (κ3) is 4.21. The average Bonchev–Trinajstić information content (AvgIpc) is 3.17. The number of fused-ring (bicyclic) bond motifs is 1. The maximum Gasteiger partial charge on any atom is 0.225 e. The quantitative estimate of drug-likeness (QED) is 0.603. The zero-order chi connectivity index (χ0) is 18.9. The number of aromatic amines is 1. The van der Waals surface area contributed by atoms with Gasteiger partial charge in [0.25, 0.3) is 0 Å². The van der Waals surface area contributed by atoms with E-state index in [1.165, 1.54) is 10.9 Å². The fraction of sp³-hybridized carbons (Fsp3) is 0.368. The summed E-state index contributed by atoms with van der Waals surface area (Å²) in [7, 11) is -2.93. The normalized spacial score (nSPS) is 18.6. The minimum Gasteiger partial charge on any atom is -0.370 e. The molecule has 0 aliphatic carbocycles. The summed E-state index contributed by atoms with van der Waals surface area (Å²) in [4.78, 5) is 12.2. The van der Waals surface area contributed by atoms with Crippen LogP contribution in [0.5, 0.6) is 0 Å². The number of para-hydroxylation sites is 1. The number of aromatic nitrogens is 3. The van der Waals surface area contributed by atoms with Crippen LogP contribution in [-0.4, -0.2) is 47.5 Å². The van der Waals surface area contributed by atoms with Crippen LogP contribution in [0.15, 0.2) is 36.5 Å². The number of hydrogen-bond donors (Lipinski definition) is 3. The molecule has 1 aliphatic heterocycles. The summed E-state index contributed by atoms with van der Waals surface area (Å²) < 4.78 is 23.2. The highest BCUT2D eigenvalue weighted by Crippen LogP contribution is 2.19. The van der Waals surface area contributed by atoms with Gasteiger partial charge in [-0.05, 0) is 31.4 Å². The second-order valence-corrected chi connectivity index (χ2v) is 9.23. The Kier molecular flexibility index (Phi) is 4.73.